The predicted molar refractivity (Wildman–Crippen MR) is 33.8 cm³/mol. The molecule has 0 aromatic heterocycles. The first kappa shape index (κ1) is 7.07. The first-order chi connectivity index (χ1) is 4.67. The van der Waals surface area contributed by atoms with Crippen molar-refractivity contribution in [3.8, 4) is 6.07 Å². The van der Waals surface area contributed by atoms with Crippen molar-refractivity contribution in [2.45, 2.75) is 13.3 Å². The summed E-state index contributed by atoms with van der Waals surface area (Å²) in [6.07, 6.45) is 0.649. The molecule has 0 radical (unpaired) electrons. The molecule has 1 aliphatic rings. The normalized spacial score (nSPS) is 36.3. The Kier molecular flexibility index (Phi) is 1.40. The van der Waals surface area contributed by atoms with Crippen LogP contribution in [0.3, 0.4) is 0 Å². The Labute approximate surface area is 59.6 Å². The van der Waals surface area contributed by atoms with Crippen molar-refractivity contribution in [3.63, 3.8) is 0 Å². The standard InChI is InChI=1S/C7H9NO2/c1-5-3-7(5,4-8)6(9)10-2/h5H,3H2,1-2H3. The molecule has 0 spiro atoms. The zero-order chi connectivity index (χ0) is 7.78. The van der Waals surface area contributed by atoms with Crippen molar-refractivity contribution in [1.29, 1.82) is 5.26 Å². The third-order valence-electron chi connectivity index (χ3n) is 2.06. The van der Waals surface area contributed by atoms with Gasteiger partial charge in [0.05, 0.1) is 13.2 Å². The van der Waals surface area contributed by atoms with Crippen LogP contribution >= 0.6 is 0 Å². The summed E-state index contributed by atoms with van der Waals surface area (Å²) in [5.74, 6) is -0.215. The molecule has 0 amide bonds. The number of rotatable bonds is 1. The van der Waals surface area contributed by atoms with Crippen molar-refractivity contribution in [1.82, 2.24) is 0 Å². The maximum absolute atomic E-state index is 10.9. The molecule has 0 aromatic rings. The van der Waals surface area contributed by atoms with E-state index in [1.807, 2.05) is 13.0 Å². The van der Waals surface area contributed by atoms with Crippen LogP contribution in [0.5, 0.6) is 0 Å². The molecule has 54 valence electrons. The van der Waals surface area contributed by atoms with E-state index < -0.39 is 5.41 Å². The largest absolute Gasteiger partial charge is 0.468 e. The summed E-state index contributed by atoms with van der Waals surface area (Å²) in [6, 6.07) is 1.98. The van der Waals surface area contributed by atoms with Crippen LogP contribution in [-0.4, -0.2) is 13.1 Å². The third-order valence-corrected chi connectivity index (χ3v) is 2.06. The van der Waals surface area contributed by atoms with Crippen LogP contribution < -0.4 is 0 Å². The van der Waals surface area contributed by atoms with Gasteiger partial charge in [0.1, 0.15) is 0 Å². The minimum atomic E-state index is -0.797. The Morgan fingerprint density at radius 3 is 2.50 bits per heavy atom. The van der Waals surface area contributed by atoms with Gasteiger partial charge >= 0.3 is 5.97 Å². The van der Waals surface area contributed by atoms with Gasteiger partial charge in [-0.3, -0.25) is 4.79 Å². The summed E-state index contributed by atoms with van der Waals surface area (Å²) < 4.78 is 4.48. The topological polar surface area (TPSA) is 50.1 Å². The van der Waals surface area contributed by atoms with E-state index in [0.29, 0.717) is 6.42 Å². The summed E-state index contributed by atoms with van der Waals surface area (Å²) in [5.41, 5.74) is -0.797. The summed E-state index contributed by atoms with van der Waals surface area (Å²) in [7, 11) is 1.31. The zero-order valence-electron chi connectivity index (χ0n) is 6.05. The molecule has 0 N–H and O–H groups in total. The number of nitrogens with zero attached hydrogens (tertiary/aromatic N) is 1. The van der Waals surface area contributed by atoms with E-state index in [-0.39, 0.29) is 11.9 Å². The van der Waals surface area contributed by atoms with Crippen molar-refractivity contribution in [3.05, 3.63) is 0 Å². The van der Waals surface area contributed by atoms with E-state index in [1.54, 1.807) is 0 Å². The first-order valence-electron chi connectivity index (χ1n) is 3.17. The SMILES string of the molecule is COC(=O)C1(C#N)CC1C. The van der Waals surface area contributed by atoms with Crippen molar-refractivity contribution in [2.24, 2.45) is 11.3 Å². The predicted octanol–water partition coefficient (Wildman–Crippen LogP) is 0.709. The third kappa shape index (κ3) is 0.688. The lowest BCUT2D eigenvalue weighted by atomic mass is 10.1. The summed E-state index contributed by atoms with van der Waals surface area (Å²) in [5, 5.41) is 8.58. The Bertz CT molecular complexity index is 206. The smallest absolute Gasteiger partial charge is 0.326 e. The maximum Gasteiger partial charge on any atom is 0.326 e. The lowest BCUT2D eigenvalue weighted by Crippen LogP contribution is -2.17. The molecule has 0 bridgehead atoms. The molecule has 0 aliphatic heterocycles. The Morgan fingerprint density at radius 1 is 1.90 bits per heavy atom. The number of hydrogen-bond acceptors (Lipinski definition) is 3. The lowest BCUT2D eigenvalue weighted by molar-refractivity contribution is -0.145. The highest BCUT2D eigenvalue weighted by Gasteiger charge is 2.59. The fourth-order valence-electron chi connectivity index (χ4n) is 1.09. The van der Waals surface area contributed by atoms with Gasteiger partial charge in [-0.15, -0.1) is 0 Å². The number of esters is 1. The number of carbonyl (C=O) groups excluding carboxylic acids is 1. The molecule has 2 atom stereocenters. The molecule has 3 heteroatoms. The minimum absolute atomic E-state index is 0.171. The van der Waals surface area contributed by atoms with Crippen molar-refractivity contribution >= 4 is 5.97 Å². The van der Waals surface area contributed by atoms with E-state index >= 15 is 0 Å². The molecule has 0 aromatic carbocycles. The molecule has 3 nitrogen and oxygen atoms in total. The van der Waals surface area contributed by atoms with Crippen LogP contribution in [-0.2, 0) is 9.53 Å². The monoisotopic (exact) mass is 139 g/mol. The van der Waals surface area contributed by atoms with E-state index in [0.717, 1.165) is 0 Å². The molecule has 1 saturated carbocycles. The number of carbonyl (C=O) groups is 1. The molecular weight excluding hydrogens is 130 g/mol. The van der Waals surface area contributed by atoms with E-state index in [2.05, 4.69) is 4.74 Å². The average molecular weight is 139 g/mol. The van der Waals surface area contributed by atoms with E-state index in [9.17, 15) is 4.79 Å². The van der Waals surface area contributed by atoms with Crippen LogP contribution in [0.25, 0.3) is 0 Å². The molecule has 2 unspecified atom stereocenters. The zero-order valence-corrected chi connectivity index (χ0v) is 6.05. The molecule has 1 fully saturated rings. The fourth-order valence-corrected chi connectivity index (χ4v) is 1.09. The fraction of sp³-hybridized carbons (Fsp3) is 0.714. The van der Waals surface area contributed by atoms with Gasteiger partial charge in [-0.2, -0.15) is 5.26 Å². The van der Waals surface area contributed by atoms with Gasteiger partial charge < -0.3 is 4.74 Å². The molecule has 1 aliphatic carbocycles. The van der Waals surface area contributed by atoms with Gasteiger partial charge in [-0.1, -0.05) is 6.92 Å². The van der Waals surface area contributed by atoms with Crippen molar-refractivity contribution in [2.75, 3.05) is 7.11 Å². The van der Waals surface area contributed by atoms with E-state index in [4.69, 9.17) is 5.26 Å². The Morgan fingerprint density at radius 2 is 2.40 bits per heavy atom. The number of hydrogen-bond donors (Lipinski definition) is 0. The highest BCUT2D eigenvalue weighted by Crippen LogP contribution is 2.52. The van der Waals surface area contributed by atoms with Gasteiger partial charge in [0.15, 0.2) is 5.41 Å². The minimum Gasteiger partial charge on any atom is -0.468 e. The van der Waals surface area contributed by atoms with Crippen LogP contribution in [0.15, 0.2) is 0 Å². The Hall–Kier alpha value is -1.04. The average Bonchev–Trinajstić information content (AvgIpc) is 2.61. The quantitative estimate of drug-likeness (QED) is 0.502. The van der Waals surface area contributed by atoms with Gasteiger partial charge in [0.2, 0.25) is 0 Å². The second-order valence-corrected chi connectivity index (χ2v) is 2.68. The van der Waals surface area contributed by atoms with Crippen LogP contribution in [0, 0.1) is 22.7 Å². The molecule has 10 heavy (non-hydrogen) atoms. The summed E-state index contributed by atoms with van der Waals surface area (Å²) in [6.45, 7) is 1.88. The van der Waals surface area contributed by atoms with Crippen molar-refractivity contribution < 1.29 is 9.53 Å². The molecule has 1 rings (SSSR count). The summed E-state index contributed by atoms with van der Waals surface area (Å²) in [4.78, 5) is 10.9. The van der Waals surface area contributed by atoms with Crippen LogP contribution in [0.1, 0.15) is 13.3 Å². The lowest BCUT2D eigenvalue weighted by Gasteiger charge is -2.01. The molecule has 0 saturated heterocycles. The van der Waals surface area contributed by atoms with Gasteiger partial charge in [-0.25, -0.2) is 0 Å². The van der Waals surface area contributed by atoms with Crippen LogP contribution in [0.2, 0.25) is 0 Å². The maximum atomic E-state index is 10.9. The second-order valence-electron chi connectivity index (χ2n) is 2.68. The highest BCUT2D eigenvalue weighted by atomic mass is 16.5. The van der Waals surface area contributed by atoms with Gasteiger partial charge in [-0.05, 0) is 12.3 Å². The summed E-state index contributed by atoms with van der Waals surface area (Å²) >= 11 is 0. The first-order valence-corrected chi connectivity index (χ1v) is 3.17. The molecule has 0 heterocycles. The van der Waals surface area contributed by atoms with Gasteiger partial charge in [0.25, 0.3) is 0 Å². The Balaban J connectivity index is 2.72. The number of methoxy groups -OCH3 is 1. The van der Waals surface area contributed by atoms with E-state index in [1.165, 1.54) is 7.11 Å². The highest BCUT2D eigenvalue weighted by molar-refractivity contribution is 5.83. The number of nitriles is 1. The second kappa shape index (κ2) is 1.98. The molecular formula is C7H9NO2. The van der Waals surface area contributed by atoms with Gasteiger partial charge in [0, 0.05) is 0 Å². The van der Waals surface area contributed by atoms with Crippen LogP contribution in [0.4, 0.5) is 0 Å². The number of ether oxygens (including phenoxy) is 1.